The van der Waals surface area contributed by atoms with E-state index in [0.717, 1.165) is 39.2 Å². The van der Waals surface area contributed by atoms with E-state index in [1.54, 1.807) is 0 Å². The maximum atomic E-state index is 11.4. The Kier molecular flexibility index (Phi) is 9.46. The van der Waals surface area contributed by atoms with Crippen molar-refractivity contribution in [2.24, 2.45) is 10.9 Å². The molecule has 0 radical (unpaired) electrons. The van der Waals surface area contributed by atoms with E-state index in [0.29, 0.717) is 13.0 Å². The summed E-state index contributed by atoms with van der Waals surface area (Å²) in [5, 5.41) is 5.24. The lowest BCUT2D eigenvalue weighted by atomic mass is 9.99. The van der Waals surface area contributed by atoms with Gasteiger partial charge >= 0.3 is 5.97 Å². The fourth-order valence-corrected chi connectivity index (χ4v) is 3.62. The van der Waals surface area contributed by atoms with Crippen LogP contribution in [-0.4, -0.2) is 35.9 Å². The smallest absolute Gasteiger partial charge is 0.307 e. The number of hydrogen-bond donors (Lipinski definition) is 1. The van der Waals surface area contributed by atoms with Crippen LogP contribution < -0.4 is 10.5 Å². The van der Waals surface area contributed by atoms with Crippen molar-refractivity contribution in [2.75, 3.05) is 7.11 Å². The number of rotatable bonds is 7. The number of fused-ring (bicyclic) bond motifs is 1. The summed E-state index contributed by atoms with van der Waals surface area (Å²) in [6.07, 6.45) is 0.300. The van der Waals surface area contributed by atoms with Gasteiger partial charge in [-0.15, -0.1) is 24.8 Å². The van der Waals surface area contributed by atoms with E-state index in [9.17, 15) is 4.79 Å². The highest BCUT2D eigenvalue weighted by atomic mass is 35.5. The van der Waals surface area contributed by atoms with Crippen LogP contribution in [0.4, 0.5) is 0 Å². The molecule has 1 aliphatic rings. The number of hydrogen-bond acceptors (Lipinski definition) is 7. The van der Waals surface area contributed by atoms with Crippen LogP contribution in [0.3, 0.4) is 0 Å². The van der Waals surface area contributed by atoms with Crippen LogP contribution in [0.25, 0.3) is 10.9 Å². The van der Waals surface area contributed by atoms with Gasteiger partial charge in [0.05, 0.1) is 30.8 Å². The third-order valence-corrected chi connectivity index (χ3v) is 5.31. The number of carbonyl (C=O) groups excluding carboxylic acids is 1. The predicted molar refractivity (Wildman–Crippen MR) is 132 cm³/mol. The SMILES string of the molecule is COC(=O)CC(N)C1CC(c2ccc(OCc3cc(C)nc4ccccc34)cc2)=NO1.Cl.Cl. The lowest BCUT2D eigenvalue weighted by Crippen LogP contribution is -2.37. The second-order valence-corrected chi connectivity index (χ2v) is 7.58. The number of halogens is 2. The fraction of sp³-hybridized carbons (Fsp3) is 0.292. The highest BCUT2D eigenvalue weighted by Gasteiger charge is 2.29. The molecule has 1 aromatic heterocycles. The lowest BCUT2D eigenvalue weighted by molar-refractivity contribution is -0.141. The second-order valence-electron chi connectivity index (χ2n) is 7.58. The van der Waals surface area contributed by atoms with Crippen LogP contribution in [0.1, 0.15) is 29.7 Å². The Hall–Kier alpha value is -2.87. The van der Waals surface area contributed by atoms with E-state index in [1.165, 1.54) is 7.11 Å². The average molecular weight is 492 g/mol. The summed E-state index contributed by atoms with van der Waals surface area (Å²) < 4.78 is 10.7. The van der Waals surface area contributed by atoms with E-state index in [4.69, 9.17) is 15.3 Å². The third kappa shape index (κ3) is 6.35. The molecule has 2 N–H and O–H groups in total. The second kappa shape index (κ2) is 11.8. The van der Waals surface area contributed by atoms with Gasteiger partial charge in [-0.05, 0) is 48.9 Å². The molecule has 176 valence electrons. The van der Waals surface area contributed by atoms with Crippen molar-refractivity contribution in [1.82, 2.24) is 4.98 Å². The monoisotopic (exact) mass is 491 g/mol. The van der Waals surface area contributed by atoms with E-state index < -0.39 is 6.04 Å². The summed E-state index contributed by atoms with van der Waals surface area (Å²) in [5.74, 6) is 0.406. The van der Waals surface area contributed by atoms with Crippen molar-refractivity contribution in [3.05, 3.63) is 71.4 Å². The topological polar surface area (TPSA) is 96.0 Å². The van der Waals surface area contributed by atoms with Gasteiger partial charge in [-0.2, -0.15) is 0 Å². The summed E-state index contributed by atoms with van der Waals surface area (Å²) in [6, 6.07) is 17.4. The Bertz CT molecular complexity index is 1120. The molecule has 2 atom stereocenters. The van der Waals surface area contributed by atoms with Crippen molar-refractivity contribution in [1.29, 1.82) is 0 Å². The van der Waals surface area contributed by atoms with Gasteiger partial charge in [-0.3, -0.25) is 9.78 Å². The van der Waals surface area contributed by atoms with E-state index in [1.807, 2.05) is 49.4 Å². The minimum Gasteiger partial charge on any atom is -0.489 e. The van der Waals surface area contributed by atoms with E-state index in [2.05, 4.69) is 27.0 Å². The quantitative estimate of drug-likeness (QED) is 0.493. The molecule has 0 fully saturated rings. The van der Waals surface area contributed by atoms with E-state index in [-0.39, 0.29) is 43.3 Å². The Morgan fingerprint density at radius 1 is 1.18 bits per heavy atom. The molecule has 33 heavy (non-hydrogen) atoms. The van der Waals surface area contributed by atoms with Crippen molar-refractivity contribution < 1.29 is 19.1 Å². The van der Waals surface area contributed by atoms with Gasteiger partial charge in [0.15, 0.2) is 0 Å². The number of ether oxygens (including phenoxy) is 2. The molecule has 0 aliphatic carbocycles. The first kappa shape index (κ1) is 26.4. The first-order chi connectivity index (χ1) is 15.0. The van der Waals surface area contributed by atoms with Gasteiger partial charge < -0.3 is 20.0 Å². The molecule has 0 bridgehead atoms. The summed E-state index contributed by atoms with van der Waals surface area (Å²) in [7, 11) is 1.34. The third-order valence-electron chi connectivity index (χ3n) is 5.31. The predicted octanol–water partition coefficient (Wildman–Crippen LogP) is 4.35. The van der Waals surface area contributed by atoms with Gasteiger partial charge in [-0.1, -0.05) is 23.4 Å². The number of para-hydroxylation sites is 1. The Morgan fingerprint density at radius 2 is 1.91 bits per heavy atom. The molecule has 0 spiro atoms. The van der Waals surface area contributed by atoms with Crippen LogP contribution >= 0.6 is 24.8 Å². The zero-order chi connectivity index (χ0) is 21.8. The minimum absolute atomic E-state index is 0. The Labute approximate surface area is 205 Å². The molecule has 3 aromatic rings. The van der Waals surface area contributed by atoms with E-state index >= 15 is 0 Å². The maximum absolute atomic E-state index is 11.4. The van der Waals surface area contributed by atoms with Gasteiger partial charge in [0, 0.05) is 23.1 Å². The van der Waals surface area contributed by atoms with Gasteiger partial charge in [-0.25, -0.2) is 0 Å². The summed E-state index contributed by atoms with van der Waals surface area (Å²) in [4.78, 5) is 21.4. The first-order valence-electron chi connectivity index (χ1n) is 10.2. The molecule has 1 aliphatic heterocycles. The number of pyridine rings is 1. The molecule has 2 aromatic carbocycles. The number of methoxy groups -OCH3 is 1. The maximum Gasteiger partial charge on any atom is 0.307 e. The molecule has 0 saturated carbocycles. The van der Waals surface area contributed by atoms with Crippen molar-refractivity contribution in [3.8, 4) is 5.75 Å². The molecule has 9 heteroatoms. The molecule has 4 rings (SSSR count). The van der Waals surface area contributed by atoms with Crippen LogP contribution in [0, 0.1) is 6.92 Å². The highest BCUT2D eigenvalue weighted by Crippen LogP contribution is 2.23. The van der Waals surface area contributed by atoms with Crippen LogP contribution in [0.5, 0.6) is 5.75 Å². The molecular weight excluding hydrogens is 465 g/mol. The van der Waals surface area contributed by atoms with Gasteiger partial charge in [0.2, 0.25) is 0 Å². The molecular formula is C24H27Cl2N3O4. The molecule has 7 nitrogen and oxygen atoms in total. The van der Waals surface area contributed by atoms with Crippen molar-refractivity contribution in [3.63, 3.8) is 0 Å². The number of oxime groups is 1. The van der Waals surface area contributed by atoms with Crippen molar-refractivity contribution in [2.45, 2.75) is 38.5 Å². The first-order valence-corrected chi connectivity index (χ1v) is 10.2. The number of benzene rings is 2. The zero-order valence-corrected chi connectivity index (χ0v) is 20.0. The van der Waals surface area contributed by atoms with Crippen LogP contribution in [0.15, 0.2) is 59.8 Å². The summed E-state index contributed by atoms with van der Waals surface area (Å²) in [5.41, 5.74) is 10.8. The number of aryl methyl sites for hydroxylation is 1. The average Bonchev–Trinajstić information content (AvgIpc) is 3.28. The molecule has 0 amide bonds. The van der Waals surface area contributed by atoms with Gasteiger partial charge in [0.1, 0.15) is 18.5 Å². The van der Waals surface area contributed by atoms with Crippen LogP contribution in [-0.2, 0) is 21.0 Å². The standard InChI is InChI=1S/C24H25N3O4.2ClH/c1-15-11-17(19-5-3-4-6-21(19)26-15)14-30-18-9-7-16(8-10-18)22-13-23(31-27-22)20(25)12-24(28)29-2;;/h3-11,20,23H,12-14,25H2,1-2H3;2*1H. The number of nitrogens with two attached hydrogens (primary N) is 1. The van der Waals surface area contributed by atoms with Crippen molar-refractivity contribution >= 4 is 47.4 Å². The highest BCUT2D eigenvalue weighted by molar-refractivity contribution is 6.01. The fourth-order valence-electron chi connectivity index (χ4n) is 3.62. The minimum atomic E-state index is -0.463. The number of nitrogens with zero attached hydrogens (tertiary/aromatic N) is 2. The van der Waals surface area contributed by atoms with Gasteiger partial charge in [0.25, 0.3) is 0 Å². The normalized spacial score (nSPS) is 15.5. The number of carbonyl (C=O) groups is 1. The summed E-state index contributed by atoms with van der Waals surface area (Å²) >= 11 is 0. The number of esters is 1. The molecule has 0 saturated heterocycles. The van der Waals surface area contributed by atoms with Crippen LogP contribution in [0.2, 0.25) is 0 Å². The number of aromatic nitrogens is 1. The Morgan fingerprint density at radius 3 is 2.64 bits per heavy atom. The molecule has 2 heterocycles. The Balaban J connectivity index is 0.00000193. The molecule has 2 unspecified atom stereocenters. The zero-order valence-electron chi connectivity index (χ0n) is 18.4. The lowest BCUT2D eigenvalue weighted by Gasteiger charge is -2.15. The summed E-state index contributed by atoms with van der Waals surface area (Å²) in [6.45, 7) is 2.44. The largest absolute Gasteiger partial charge is 0.489 e.